The Kier molecular flexibility index (Phi) is 16.1. The lowest BCUT2D eigenvalue weighted by Gasteiger charge is -2.34. The van der Waals surface area contributed by atoms with E-state index >= 15 is 0 Å². The van der Waals surface area contributed by atoms with Crippen LogP contribution in [-0.2, 0) is 18.9 Å². The van der Waals surface area contributed by atoms with Crippen molar-refractivity contribution in [3.63, 3.8) is 0 Å². The highest BCUT2D eigenvalue weighted by Crippen LogP contribution is 2.35. The van der Waals surface area contributed by atoms with Gasteiger partial charge in [-0.25, -0.2) is 29.5 Å². The lowest BCUT2D eigenvalue weighted by molar-refractivity contribution is 0.0816. The fourth-order valence-corrected chi connectivity index (χ4v) is 9.40. The number of ether oxygens (including phenoxy) is 4. The Balaban J connectivity index is 0.000000183. The van der Waals surface area contributed by atoms with Crippen LogP contribution in [0.1, 0.15) is 49.7 Å². The molecule has 6 aromatic rings. The topological polar surface area (TPSA) is 194 Å². The molecule has 69 heavy (non-hydrogen) atoms. The SMILES string of the molecule is Cc1ccc2c(N3CCC[C@H](CNC(=O)O[C@@H]4CCOC4)C3)nc(-c3ccccc3O)nc2c1.Cc1ccc2c(N3CCC[C@H](CNC(=O)O[C@@H]4CCOC4)C3)nc(-c3ccccc3O)nc2c1.Cl. The zero-order valence-corrected chi connectivity index (χ0v) is 40.0. The first-order chi connectivity index (χ1) is 33.1. The Bertz CT molecular complexity index is 2550. The summed E-state index contributed by atoms with van der Waals surface area (Å²) in [5.41, 5.74) is 5.17. The first kappa shape index (κ1) is 48.9. The highest BCUT2D eigenvalue weighted by Gasteiger charge is 2.28. The first-order valence-electron chi connectivity index (χ1n) is 23.8. The zero-order chi connectivity index (χ0) is 47.0. The predicted octanol–water partition coefficient (Wildman–Crippen LogP) is 8.51. The standard InChI is InChI=1S/2C26H30N4O4.ClH/c2*1-17-8-9-20-22(13-17)28-24(21-6-2-3-7-23(21)31)29-25(20)30-11-4-5-18(15-30)14-27-26(32)34-19-10-12-33-16-19;/h2*2-3,6-9,13,18-19,31H,4-5,10-12,14-16H2,1H3,(H,27,32);1H/t2*18-,19-;/m11./s1. The number of carbonyl (C=O) groups is 2. The summed E-state index contributed by atoms with van der Waals surface area (Å²) in [6.45, 7) is 10.7. The van der Waals surface area contributed by atoms with Crippen molar-refractivity contribution in [3.05, 3.63) is 96.1 Å². The fraction of sp³-hybridized carbons (Fsp3) is 0.423. The number of aromatic nitrogens is 4. The van der Waals surface area contributed by atoms with Crippen molar-refractivity contribution in [1.29, 1.82) is 0 Å². The van der Waals surface area contributed by atoms with E-state index in [0.29, 0.717) is 62.3 Å². The molecule has 364 valence electrons. The summed E-state index contributed by atoms with van der Waals surface area (Å²) in [6, 6.07) is 26.7. The number of nitrogens with one attached hydrogen (secondary N) is 2. The van der Waals surface area contributed by atoms with Gasteiger partial charge in [0.25, 0.3) is 0 Å². The van der Waals surface area contributed by atoms with Crippen molar-refractivity contribution >= 4 is 58.0 Å². The minimum atomic E-state index is -0.377. The maximum absolute atomic E-state index is 12.2. The Morgan fingerprint density at radius 1 is 0.623 bits per heavy atom. The van der Waals surface area contributed by atoms with Crippen molar-refractivity contribution in [1.82, 2.24) is 30.6 Å². The Labute approximate surface area is 408 Å². The third kappa shape index (κ3) is 12.2. The van der Waals surface area contributed by atoms with Crippen LogP contribution in [0.5, 0.6) is 11.5 Å². The number of phenols is 2. The average molecular weight is 962 g/mol. The van der Waals surface area contributed by atoms with E-state index in [1.165, 1.54) is 0 Å². The molecular formula is C52H61ClN8O8. The van der Waals surface area contributed by atoms with Crippen LogP contribution in [0.25, 0.3) is 44.6 Å². The largest absolute Gasteiger partial charge is 0.507 e. The van der Waals surface area contributed by atoms with Gasteiger partial charge < -0.3 is 49.6 Å². The molecule has 4 aliphatic rings. The van der Waals surface area contributed by atoms with Crippen LogP contribution in [0.3, 0.4) is 0 Å². The van der Waals surface area contributed by atoms with Gasteiger partial charge in [-0.1, -0.05) is 36.4 Å². The zero-order valence-electron chi connectivity index (χ0n) is 39.1. The number of benzene rings is 4. The van der Waals surface area contributed by atoms with Gasteiger partial charge in [0.1, 0.15) is 35.3 Å². The lowest BCUT2D eigenvalue weighted by atomic mass is 9.97. The van der Waals surface area contributed by atoms with Gasteiger partial charge in [-0.3, -0.25) is 0 Å². The quantitative estimate of drug-likeness (QED) is 0.102. The second kappa shape index (κ2) is 22.7. The third-order valence-corrected chi connectivity index (χ3v) is 13.0. The second-order valence-corrected chi connectivity index (χ2v) is 18.3. The number of fused-ring (bicyclic) bond motifs is 2. The van der Waals surface area contributed by atoms with Gasteiger partial charge in [-0.2, -0.15) is 0 Å². The molecule has 17 heteroatoms. The molecule has 0 radical (unpaired) electrons. The lowest BCUT2D eigenvalue weighted by Crippen LogP contribution is -2.42. The van der Waals surface area contributed by atoms with Crippen molar-refractivity contribution < 1.29 is 38.7 Å². The molecule has 16 nitrogen and oxygen atoms in total. The summed E-state index contributed by atoms with van der Waals surface area (Å²) in [4.78, 5) is 48.3. The van der Waals surface area contributed by atoms with Gasteiger partial charge in [0.05, 0.1) is 48.6 Å². The molecule has 4 aliphatic heterocycles. The van der Waals surface area contributed by atoms with Gasteiger partial charge in [0.2, 0.25) is 0 Å². The number of hydrogen-bond acceptors (Lipinski definition) is 14. The summed E-state index contributed by atoms with van der Waals surface area (Å²) in [6.07, 6.45) is 4.51. The van der Waals surface area contributed by atoms with Crippen LogP contribution in [0.4, 0.5) is 21.2 Å². The molecule has 4 aromatic carbocycles. The van der Waals surface area contributed by atoms with Gasteiger partial charge in [-0.15, -0.1) is 12.4 Å². The van der Waals surface area contributed by atoms with Crippen LogP contribution in [-0.4, -0.2) is 120 Å². The molecule has 6 heterocycles. The van der Waals surface area contributed by atoms with E-state index in [0.717, 1.165) is 109 Å². The maximum atomic E-state index is 12.2. The molecular weight excluding hydrogens is 900 g/mol. The number of carbonyl (C=O) groups excluding carboxylic acids is 2. The van der Waals surface area contributed by atoms with Gasteiger partial charge in [0.15, 0.2) is 11.6 Å². The van der Waals surface area contributed by atoms with Crippen LogP contribution in [0.2, 0.25) is 0 Å². The summed E-state index contributed by atoms with van der Waals surface area (Å²) in [7, 11) is 0. The van der Waals surface area contributed by atoms with E-state index in [1.807, 2.05) is 38.1 Å². The molecule has 0 spiro atoms. The number of para-hydroxylation sites is 2. The molecule has 0 saturated carbocycles. The van der Waals surface area contributed by atoms with Crippen LogP contribution in [0, 0.1) is 25.7 Å². The number of halogens is 1. The molecule has 10 rings (SSSR count). The van der Waals surface area contributed by atoms with Crippen LogP contribution < -0.4 is 20.4 Å². The Hall–Kier alpha value is -6.49. The molecule has 2 amide bonds. The van der Waals surface area contributed by atoms with E-state index < -0.39 is 0 Å². The second-order valence-electron chi connectivity index (χ2n) is 18.3. The molecule has 4 fully saturated rings. The molecule has 4 N–H and O–H groups in total. The van der Waals surface area contributed by atoms with Gasteiger partial charge >= 0.3 is 12.2 Å². The van der Waals surface area contributed by atoms with E-state index in [9.17, 15) is 19.8 Å². The Morgan fingerprint density at radius 2 is 1.06 bits per heavy atom. The number of phenolic OH excluding ortho intramolecular Hbond substituents is 2. The molecule has 0 unspecified atom stereocenters. The summed E-state index contributed by atoms with van der Waals surface area (Å²) >= 11 is 0. The van der Waals surface area contributed by atoms with Crippen LogP contribution in [0.15, 0.2) is 84.9 Å². The van der Waals surface area contributed by atoms with Crippen molar-refractivity contribution in [2.75, 3.05) is 75.5 Å². The highest BCUT2D eigenvalue weighted by atomic mass is 35.5. The molecule has 2 aromatic heterocycles. The number of piperidine rings is 2. The number of anilines is 2. The maximum Gasteiger partial charge on any atom is 0.407 e. The van der Waals surface area contributed by atoms with E-state index in [2.05, 4.69) is 56.8 Å². The number of rotatable bonds is 10. The number of aryl methyl sites for hydroxylation is 2. The average Bonchev–Trinajstić information content (AvgIpc) is 4.07. The summed E-state index contributed by atoms with van der Waals surface area (Å²) in [5.74, 6) is 3.62. The smallest absolute Gasteiger partial charge is 0.407 e. The van der Waals surface area contributed by atoms with Gasteiger partial charge in [-0.05, 0) is 111 Å². The third-order valence-electron chi connectivity index (χ3n) is 13.0. The Morgan fingerprint density at radius 3 is 1.46 bits per heavy atom. The monoisotopic (exact) mass is 960 g/mol. The van der Waals surface area contributed by atoms with Gasteiger partial charge in [0, 0.05) is 62.9 Å². The molecule has 4 atom stereocenters. The summed E-state index contributed by atoms with van der Waals surface area (Å²) < 4.78 is 21.4. The molecule has 0 bridgehead atoms. The minimum Gasteiger partial charge on any atom is -0.507 e. The fourth-order valence-electron chi connectivity index (χ4n) is 9.40. The van der Waals surface area contributed by atoms with Crippen molar-refractivity contribution in [2.45, 2.75) is 64.6 Å². The number of hydrogen-bond donors (Lipinski definition) is 4. The number of amides is 2. The van der Waals surface area contributed by atoms with Crippen molar-refractivity contribution in [3.8, 4) is 34.3 Å². The number of aromatic hydroxyl groups is 2. The van der Waals surface area contributed by atoms with E-state index in [-0.39, 0.29) is 60.1 Å². The number of alkyl carbamates (subject to hydrolysis) is 2. The first-order valence-corrected chi connectivity index (χ1v) is 23.8. The summed E-state index contributed by atoms with van der Waals surface area (Å²) in [5, 5.41) is 28.6. The van der Waals surface area contributed by atoms with Crippen LogP contribution >= 0.6 is 12.4 Å². The minimum absolute atomic E-state index is 0. The van der Waals surface area contributed by atoms with E-state index in [1.54, 1.807) is 24.3 Å². The predicted molar refractivity (Wildman–Crippen MR) is 267 cm³/mol. The van der Waals surface area contributed by atoms with E-state index in [4.69, 9.17) is 38.9 Å². The normalized spacial score (nSPS) is 20.1. The number of nitrogens with zero attached hydrogens (tertiary/aromatic N) is 6. The molecule has 4 saturated heterocycles. The van der Waals surface area contributed by atoms with Crippen molar-refractivity contribution in [2.24, 2.45) is 11.8 Å². The highest BCUT2D eigenvalue weighted by molar-refractivity contribution is 5.93. The molecule has 0 aliphatic carbocycles.